The molecule has 0 bridgehead atoms. The molecule has 0 atom stereocenters. The van der Waals surface area contributed by atoms with Gasteiger partial charge in [-0.25, -0.2) is 0 Å². The Bertz CT molecular complexity index is 287. The highest BCUT2D eigenvalue weighted by molar-refractivity contribution is 5.36. The molecule has 0 aliphatic heterocycles. The maximum Gasteiger partial charge on any atom is 0.118 e. The molecule has 1 aliphatic carbocycles. The summed E-state index contributed by atoms with van der Waals surface area (Å²) in [7, 11) is 0. The minimum Gasteiger partial charge on any atom is -0.508 e. The van der Waals surface area contributed by atoms with Crippen molar-refractivity contribution in [3.8, 4) is 5.75 Å². The van der Waals surface area contributed by atoms with Crippen molar-refractivity contribution in [2.24, 2.45) is 5.92 Å². The van der Waals surface area contributed by atoms with E-state index in [1.165, 1.54) is 18.4 Å². The summed E-state index contributed by atoms with van der Waals surface area (Å²) in [5, 5.41) is 9.51. The van der Waals surface area contributed by atoms with Gasteiger partial charge in [-0.15, -0.1) is 0 Å². The number of phenolic OH excluding ortho intramolecular Hbond substituents is 1. The van der Waals surface area contributed by atoms with Crippen LogP contribution in [-0.2, 0) is 6.42 Å². The van der Waals surface area contributed by atoms with Gasteiger partial charge in [0.05, 0.1) is 0 Å². The summed E-state index contributed by atoms with van der Waals surface area (Å²) in [4.78, 5) is 0. The second-order valence-corrected chi connectivity index (χ2v) is 3.78. The molecule has 1 saturated carbocycles. The summed E-state index contributed by atoms with van der Waals surface area (Å²) in [5.74, 6) is 1.31. The van der Waals surface area contributed by atoms with Crippen LogP contribution in [0, 0.1) is 12.8 Å². The van der Waals surface area contributed by atoms with E-state index < -0.39 is 0 Å². The van der Waals surface area contributed by atoms with Crippen LogP contribution < -0.4 is 0 Å². The van der Waals surface area contributed by atoms with Crippen molar-refractivity contribution < 1.29 is 5.11 Å². The van der Waals surface area contributed by atoms with Crippen LogP contribution in [0.4, 0.5) is 0 Å². The highest BCUT2D eigenvalue weighted by atomic mass is 16.3. The Balaban J connectivity index is 2.21. The minimum absolute atomic E-state index is 0.465. The van der Waals surface area contributed by atoms with Crippen LogP contribution in [-0.4, -0.2) is 5.11 Å². The predicted molar refractivity (Wildman–Crippen MR) is 49.3 cm³/mol. The average molecular weight is 162 g/mol. The van der Waals surface area contributed by atoms with E-state index in [4.69, 9.17) is 0 Å². The predicted octanol–water partition coefficient (Wildman–Crippen LogP) is 2.65. The van der Waals surface area contributed by atoms with E-state index in [-0.39, 0.29) is 0 Å². The quantitative estimate of drug-likeness (QED) is 0.708. The lowest BCUT2D eigenvalue weighted by Gasteiger charge is -2.03. The molecular weight excluding hydrogens is 148 g/mol. The summed E-state index contributed by atoms with van der Waals surface area (Å²) in [6, 6.07) is 5.84. The Morgan fingerprint density at radius 1 is 1.42 bits per heavy atom. The van der Waals surface area contributed by atoms with E-state index in [0.717, 1.165) is 17.9 Å². The van der Waals surface area contributed by atoms with Crippen LogP contribution in [0.3, 0.4) is 0 Å². The molecule has 0 unspecified atom stereocenters. The van der Waals surface area contributed by atoms with E-state index >= 15 is 0 Å². The van der Waals surface area contributed by atoms with E-state index in [9.17, 15) is 5.11 Å². The topological polar surface area (TPSA) is 20.2 Å². The molecule has 1 heteroatoms. The molecule has 1 nitrogen and oxygen atoms in total. The first-order valence-corrected chi connectivity index (χ1v) is 4.54. The summed E-state index contributed by atoms with van der Waals surface area (Å²) in [5.41, 5.74) is 2.36. The van der Waals surface area contributed by atoms with Gasteiger partial charge in [0.1, 0.15) is 5.75 Å². The van der Waals surface area contributed by atoms with E-state index in [1.54, 1.807) is 6.07 Å². The first-order valence-electron chi connectivity index (χ1n) is 4.54. The van der Waals surface area contributed by atoms with Gasteiger partial charge in [0.15, 0.2) is 0 Å². The molecule has 0 heterocycles. The number of aryl methyl sites for hydroxylation is 1. The normalized spacial score (nSPS) is 16.4. The van der Waals surface area contributed by atoms with Gasteiger partial charge in [0, 0.05) is 0 Å². The number of rotatable bonds is 2. The van der Waals surface area contributed by atoms with E-state index in [0.29, 0.717) is 5.75 Å². The van der Waals surface area contributed by atoms with Gasteiger partial charge in [-0.3, -0.25) is 0 Å². The van der Waals surface area contributed by atoms with Crippen LogP contribution >= 0.6 is 0 Å². The summed E-state index contributed by atoms with van der Waals surface area (Å²) in [6.45, 7) is 2.07. The van der Waals surface area contributed by atoms with Crippen LogP contribution in [0.15, 0.2) is 18.2 Å². The first-order chi connectivity index (χ1) is 5.75. The Labute approximate surface area is 73.0 Å². The second-order valence-electron chi connectivity index (χ2n) is 3.78. The zero-order valence-corrected chi connectivity index (χ0v) is 7.38. The zero-order valence-electron chi connectivity index (χ0n) is 7.38. The molecule has 64 valence electrons. The maximum atomic E-state index is 9.51. The van der Waals surface area contributed by atoms with Crippen LogP contribution in [0.2, 0.25) is 0 Å². The molecule has 0 spiro atoms. The van der Waals surface area contributed by atoms with Crippen molar-refractivity contribution in [3.05, 3.63) is 29.3 Å². The third-order valence-corrected chi connectivity index (χ3v) is 2.44. The van der Waals surface area contributed by atoms with Gasteiger partial charge in [-0.05, 0) is 43.7 Å². The summed E-state index contributed by atoms with van der Waals surface area (Å²) in [6.07, 6.45) is 3.74. The van der Waals surface area contributed by atoms with E-state index in [2.05, 4.69) is 13.0 Å². The molecule has 12 heavy (non-hydrogen) atoms. The highest BCUT2D eigenvalue weighted by Gasteiger charge is 2.22. The van der Waals surface area contributed by atoms with Crippen LogP contribution in [0.1, 0.15) is 24.0 Å². The third kappa shape index (κ3) is 1.60. The maximum absolute atomic E-state index is 9.51. The van der Waals surface area contributed by atoms with Crippen LogP contribution in [0.25, 0.3) is 0 Å². The minimum atomic E-state index is 0.465. The zero-order chi connectivity index (χ0) is 8.55. The van der Waals surface area contributed by atoms with Crippen molar-refractivity contribution in [1.29, 1.82) is 0 Å². The van der Waals surface area contributed by atoms with Crippen molar-refractivity contribution in [2.75, 3.05) is 0 Å². The molecule has 0 amide bonds. The lowest BCUT2D eigenvalue weighted by atomic mass is 10.1. The monoisotopic (exact) mass is 162 g/mol. The number of phenols is 1. The lowest BCUT2D eigenvalue weighted by molar-refractivity contribution is 0.466. The SMILES string of the molecule is Cc1ccc(O)c(CC2CC2)c1. The largest absolute Gasteiger partial charge is 0.508 e. The number of hydrogen-bond acceptors (Lipinski definition) is 1. The standard InChI is InChI=1S/C11H14O/c1-8-2-5-11(12)10(6-8)7-9-3-4-9/h2,5-6,9,12H,3-4,7H2,1H3. The van der Waals surface area contributed by atoms with Gasteiger partial charge < -0.3 is 5.11 Å². The fourth-order valence-electron chi connectivity index (χ4n) is 1.51. The molecule has 0 radical (unpaired) electrons. The molecule has 1 N–H and O–H groups in total. The summed E-state index contributed by atoms with van der Waals surface area (Å²) >= 11 is 0. The molecule has 0 saturated heterocycles. The van der Waals surface area contributed by atoms with Gasteiger partial charge >= 0.3 is 0 Å². The molecule has 1 aromatic rings. The van der Waals surface area contributed by atoms with Gasteiger partial charge in [-0.1, -0.05) is 17.7 Å². The molecule has 2 rings (SSSR count). The average Bonchev–Trinajstić information content (AvgIpc) is 2.81. The second kappa shape index (κ2) is 2.81. The van der Waals surface area contributed by atoms with Gasteiger partial charge in [0.2, 0.25) is 0 Å². The first kappa shape index (κ1) is 7.66. The molecule has 1 fully saturated rings. The Morgan fingerprint density at radius 2 is 2.17 bits per heavy atom. The Hall–Kier alpha value is -0.980. The molecule has 1 aliphatic rings. The number of benzene rings is 1. The van der Waals surface area contributed by atoms with E-state index in [1.807, 2.05) is 6.07 Å². The lowest BCUT2D eigenvalue weighted by Crippen LogP contribution is -1.88. The Kier molecular flexibility index (Phi) is 1.80. The van der Waals surface area contributed by atoms with Crippen molar-refractivity contribution in [1.82, 2.24) is 0 Å². The van der Waals surface area contributed by atoms with Gasteiger partial charge in [0.25, 0.3) is 0 Å². The van der Waals surface area contributed by atoms with Crippen molar-refractivity contribution in [2.45, 2.75) is 26.2 Å². The smallest absolute Gasteiger partial charge is 0.118 e. The Morgan fingerprint density at radius 3 is 2.83 bits per heavy atom. The van der Waals surface area contributed by atoms with Crippen molar-refractivity contribution >= 4 is 0 Å². The third-order valence-electron chi connectivity index (χ3n) is 2.44. The highest BCUT2D eigenvalue weighted by Crippen LogP contribution is 2.35. The fourth-order valence-corrected chi connectivity index (χ4v) is 1.51. The number of aromatic hydroxyl groups is 1. The molecule has 1 aromatic carbocycles. The van der Waals surface area contributed by atoms with Gasteiger partial charge in [-0.2, -0.15) is 0 Å². The molecule has 0 aromatic heterocycles. The summed E-state index contributed by atoms with van der Waals surface area (Å²) < 4.78 is 0. The number of hydrogen-bond donors (Lipinski definition) is 1. The molecular formula is C11H14O. The fraction of sp³-hybridized carbons (Fsp3) is 0.455. The van der Waals surface area contributed by atoms with Crippen LogP contribution in [0.5, 0.6) is 5.75 Å². The van der Waals surface area contributed by atoms with Crippen molar-refractivity contribution in [3.63, 3.8) is 0 Å².